The van der Waals surface area contributed by atoms with Crippen molar-refractivity contribution in [2.75, 3.05) is 26.2 Å². The monoisotopic (exact) mass is 260 g/mol. The van der Waals surface area contributed by atoms with Crippen LogP contribution in [-0.4, -0.2) is 32.2 Å². The number of benzene rings is 1. The van der Waals surface area contributed by atoms with E-state index >= 15 is 0 Å². The van der Waals surface area contributed by atoms with Gasteiger partial charge in [-0.25, -0.2) is 0 Å². The van der Waals surface area contributed by atoms with Crippen LogP contribution in [0.1, 0.15) is 23.6 Å². The zero-order chi connectivity index (χ0) is 13.1. The van der Waals surface area contributed by atoms with Crippen molar-refractivity contribution in [3.63, 3.8) is 0 Å². The lowest BCUT2D eigenvalue weighted by molar-refractivity contribution is 0.288. The van der Waals surface area contributed by atoms with Gasteiger partial charge in [0.2, 0.25) is 0 Å². The summed E-state index contributed by atoms with van der Waals surface area (Å²) in [6.45, 7) is 2.97. The number of hydrogen-bond donors (Lipinski definition) is 3. The molecule has 0 saturated heterocycles. The average Bonchev–Trinajstić information content (AvgIpc) is 2.93. The van der Waals surface area contributed by atoms with Crippen LogP contribution in [0.2, 0.25) is 0 Å². The fourth-order valence-electron chi connectivity index (χ4n) is 2.52. The highest BCUT2D eigenvalue weighted by Crippen LogP contribution is 2.28. The van der Waals surface area contributed by atoms with Crippen LogP contribution in [0.25, 0.3) is 0 Å². The van der Waals surface area contributed by atoms with E-state index in [4.69, 9.17) is 10.5 Å². The molecule has 1 unspecified atom stereocenters. The number of ether oxygens (including phenoxy) is 1. The van der Waals surface area contributed by atoms with Gasteiger partial charge in [-0.2, -0.15) is 0 Å². The maximum Gasteiger partial charge on any atom is 0.191 e. The van der Waals surface area contributed by atoms with Crippen LogP contribution >= 0.6 is 0 Å². The van der Waals surface area contributed by atoms with Crippen LogP contribution in [0.3, 0.4) is 0 Å². The molecule has 102 valence electrons. The summed E-state index contributed by atoms with van der Waals surface area (Å²) < 4.78 is 5.64. The predicted molar refractivity (Wildman–Crippen MR) is 75.5 cm³/mol. The molecule has 0 fully saturated rings. The molecule has 4 N–H and O–H groups in total. The quantitative estimate of drug-likeness (QED) is 0.742. The number of nitrogens with zero attached hydrogens (tertiary/aromatic N) is 1. The van der Waals surface area contributed by atoms with Crippen molar-refractivity contribution in [1.29, 1.82) is 0 Å². The summed E-state index contributed by atoms with van der Waals surface area (Å²) in [6, 6.07) is 6.71. The Labute approximate surface area is 113 Å². The molecule has 0 aromatic heterocycles. The topological polar surface area (TPSA) is 71.7 Å². The molecule has 1 atom stereocenters. The van der Waals surface area contributed by atoms with E-state index in [1.807, 2.05) is 0 Å². The molecule has 0 amide bonds. The number of aryl methyl sites for hydroxylation is 1. The van der Waals surface area contributed by atoms with Gasteiger partial charge >= 0.3 is 0 Å². The van der Waals surface area contributed by atoms with Crippen LogP contribution in [-0.2, 0) is 6.42 Å². The second-order valence-electron chi connectivity index (χ2n) is 4.92. The number of rotatable bonds is 3. The van der Waals surface area contributed by atoms with E-state index in [1.54, 1.807) is 0 Å². The number of fused-ring (bicyclic) bond motifs is 1. The van der Waals surface area contributed by atoms with Crippen molar-refractivity contribution < 1.29 is 4.74 Å². The maximum atomic E-state index is 5.64. The number of nitrogens with one attached hydrogen (secondary N) is 2. The number of guanidine groups is 1. The molecule has 2 aliphatic rings. The lowest BCUT2D eigenvalue weighted by Gasteiger charge is -2.20. The van der Waals surface area contributed by atoms with Crippen molar-refractivity contribution in [3.8, 4) is 5.75 Å². The summed E-state index contributed by atoms with van der Waals surface area (Å²) in [6.07, 6.45) is 2.21. The Morgan fingerprint density at radius 3 is 3.32 bits per heavy atom. The fraction of sp³-hybridized carbons (Fsp3) is 0.500. The van der Waals surface area contributed by atoms with Crippen molar-refractivity contribution in [3.05, 3.63) is 29.3 Å². The molecule has 5 nitrogen and oxygen atoms in total. The minimum Gasteiger partial charge on any atom is -0.493 e. The molecule has 0 saturated carbocycles. The first-order valence-electron chi connectivity index (χ1n) is 6.87. The van der Waals surface area contributed by atoms with Gasteiger partial charge in [0.05, 0.1) is 19.2 Å². The Bertz CT molecular complexity index is 486. The second-order valence-corrected chi connectivity index (χ2v) is 4.92. The summed E-state index contributed by atoms with van der Waals surface area (Å²) in [4.78, 5) is 4.45. The molecule has 1 aromatic rings. The highest BCUT2D eigenvalue weighted by atomic mass is 16.5. The number of aliphatic imine (C=N–C) groups is 1. The lowest BCUT2D eigenvalue weighted by atomic mass is 9.99. The first-order valence-corrected chi connectivity index (χ1v) is 6.87. The van der Waals surface area contributed by atoms with E-state index < -0.39 is 0 Å². The molecule has 19 heavy (non-hydrogen) atoms. The van der Waals surface area contributed by atoms with E-state index in [-0.39, 0.29) is 6.04 Å². The van der Waals surface area contributed by atoms with Gasteiger partial charge in [-0.1, -0.05) is 6.07 Å². The highest BCUT2D eigenvalue weighted by molar-refractivity contribution is 5.82. The van der Waals surface area contributed by atoms with Crippen LogP contribution in [0, 0.1) is 0 Å². The van der Waals surface area contributed by atoms with Gasteiger partial charge in [0, 0.05) is 13.1 Å². The molecule has 1 aromatic carbocycles. The molecule has 2 aliphatic heterocycles. The molecule has 0 radical (unpaired) electrons. The normalized spacial score (nSPS) is 21.1. The fourth-order valence-corrected chi connectivity index (χ4v) is 2.52. The Morgan fingerprint density at radius 1 is 1.47 bits per heavy atom. The number of hydrogen-bond acceptors (Lipinski definition) is 5. The van der Waals surface area contributed by atoms with Crippen molar-refractivity contribution in [2.24, 2.45) is 10.7 Å². The van der Waals surface area contributed by atoms with Gasteiger partial charge in [-0.15, -0.1) is 0 Å². The van der Waals surface area contributed by atoms with Crippen molar-refractivity contribution in [2.45, 2.75) is 18.9 Å². The van der Waals surface area contributed by atoms with Crippen LogP contribution in [0.4, 0.5) is 0 Å². The third-order valence-electron chi connectivity index (χ3n) is 3.51. The van der Waals surface area contributed by atoms with Crippen LogP contribution in [0.5, 0.6) is 5.75 Å². The Morgan fingerprint density at radius 2 is 2.42 bits per heavy atom. The maximum absolute atomic E-state index is 5.64. The molecule has 0 aliphatic carbocycles. The minimum absolute atomic E-state index is 0.257. The second kappa shape index (κ2) is 5.48. The van der Waals surface area contributed by atoms with E-state index in [9.17, 15) is 0 Å². The van der Waals surface area contributed by atoms with E-state index in [0.717, 1.165) is 44.2 Å². The standard InChI is InChI=1S/C14H20N4O/c15-5-6-16-14-17-9-12(18-14)10-3-4-13-11(8-10)2-1-7-19-13/h3-4,8,12H,1-2,5-7,9,15H2,(H2,16,17,18). The molecule has 5 heteroatoms. The summed E-state index contributed by atoms with van der Waals surface area (Å²) in [7, 11) is 0. The van der Waals surface area contributed by atoms with Gasteiger partial charge in [0.1, 0.15) is 5.75 Å². The zero-order valence-electron chi connectivity index (χ0n) is 11.0. The van der Waals surface area contributed by atoms with Crippen molar-refractivity contribution in [1.82, 2.24) is 10.6 Å². The van der Waals surface area contributed by atoms with Gasteiger partial charge in [-0.05, 0) is 36.1 Å². The molecule has 3 rings (SSSR count). The largest absolute Gasteiger partial charge is 0.493 e. The molecule has 2 heterocycles. The number of nitrogens with two attached hydrogens (primary N) is 1. The first-order chi connectivity index (χ1) is 9.36. The minimum atomic E-state index is 0.257. The molecular formula is C14H20N4O. The lowest BCUT2D eigenvalue weighted by Crippen LogP contribution is -2.37. The Hall–Kier alpha value is -1.75. The van der Waals surface area contributed by atoms with Gasteiger partial charge in [0.25, 0.3) is 0 Å². The molecular weight excluding hydrogens is 240 g/mol. The summed E-state index contributed by atoms with van der Waals surface area (Å²) in [5.74, 6) is 1.89. The summed E-state index contributed by atoms with van der Waals surface area (Å²) >= 11 is 0. The van der Waals surface area contributed by atoms with Gasteiger partial charge < -0.3 is 21.1 Å². The SMILES string of the molecule is NCCNC1=NCC(c2ccc3c(c2)CCCO3)N1. The van der Waals surface area contributed by atoms with E-state index in [2.05, 4.69) is 33.8 Å². The molecule has 0 bridgehead atoms. The van der Waals surface area contributed by atoms with Gasteiger partial charge in [-0.3, -0.25) is 4.99 Å². The highest BCUT2D eigenvalue weighted by Gasteiger charge is 2.20. The van der Waals surface area contributed by atoms with E-state index in [1.165, 1.54) is 11.1 Å². The average molecular weight is 260 g/mol. The first kappa shape index (κ1) is 12.3. The Balaban J connectivity index is 1.67. The third-order valence-corrected chi connectivity index (χ3v) is 3.51. The summed E-state index contributed by atoms with van der Waals surface area (Å²) in [5.41, 5.74) is 8.06. The zero-order valence-corrected chi connectivity index (χ0v) is 11.0. The predicted octanol–water partition coefficient (Wildman–Crippen LogP) is 0.560. The molecule has 0 spiro atoms. The van der Waals surface area contributed by atoms with E-state index in [0.29, 0.717) is 6.54 Å². The summed E-state index contributed by atoms with van der Waals surface area (Å²) in [5, 5.41) is 6.57. The van der Waals surface area contributed by atoms with Crippen LogP contribution in [0.15, 0.2) is 23.2 Å². The van der Waals surface area contributed by atoms with Crippen LogP contribution < -0.4 is 21.1 Å². The third kappa shape index (κ3) is 2.66. The smallest absolute Gasteiger partial charge is 0.191 e. The van der Waals surface area contributed by atoms with Crippen molar-refractivity contribution >= 4 is 5.96 Å². The van der Waals surface area contributed by atoms with Gasteiger partial charge in [0.15, 0.2) is 5.96 Å². The Kier molecular flexibility index (Phi) is 3.55.